The normalized spacial score (nSPS) is 14.8. The molecule has 3 rings (SSSR count). The summed E-state index contributed by atoms with van der Waals surface area (Å²) in [6.45, 7) is 1.64. The highest BCUT2D eigenvalue weighted by Crippen LogP contribution is 2.36. The van der Waals surface area contributed by atoms with Crippen molar-refractivity contribution >= 4 is 29.6 Å². The van der Waals surface area contributed by atoms with Gasteiger partial charge < -0.3 is 19.3 Å². The number of allylic oxidation sites excluding steroid dienone is 1. The zero-order valence-electron chi connectivity index (χ0n) is 17.5. The number of benzene rings is 2. The molecule has 1 heterocycles. The first kappa shape index (κ1) is 21.6. The standard InChI is InChI=1S/C23H21NO7/c1-13-20(23(28)31-4)17(11-14-5-10-18(25)19(12-14)29-2)21(26)24(13)16-8-6-15(7-9-16)22(27)30-3/h5-12,25H,1-4H3. The van der Waals surface area contributed by atoms with E-state index in [9.17, 15) is 19.5 Å². The maximum absolute atomic E-state index is 13.3. The molecule has 1 aliphatic rings. The number of phenolic OH excluding ortho intramolecular Hbond substituents is 1. The lowest BCUT2D eigenvalue weighted by Gasteiger charge is -2.18. The quantitative estimate of drug-likeness (QED) is 0.582. The maximum atomic E-state index is 13.3. The molecule has 8 nitrogen and oxygen atoms in total. The molecule has 1 N–H and O–H groups in total. The average Bonchev–Trinajstić information content (AvgIpc) is 3.03. The van der Waals surface area contributed by atoms with Gasteiger partial charge in [0, 0.05) is 11.4 Å². The molecular weight excluding hydrogens is 402 g/mol. The van der Waals surface area contributed by atoms with E-state index < -0.39 is 17.8 Å². The summed E-state index contributed by atoms with van der Waals surface area (Å²) in [6, 6.07) is 10.8. The molecule has 0 aliphatic carbocycles. The van der Waals surface area contributed by atoms with E-state index in [1.165, 1.54) is 50.5 Å². The smallest absolute Gasteiger partial charge is 0.340 e. The predicted octanol–water partition coefficient (Wildman–Crippen LogP) is 3.06. The number of aromatic hydroxyl groups is 1. The number of ether oxygens (including phenoxy) is 3. The molecule has 0 saturated heterocycles. The van der Waals surface area contributed by atoms with Crippen molar-refractivity contribution in [2.45, 2.75) is 6.92 Å². The van der Waals surface area contributed by atoms with Gasteiger partial charge in [-0.05, 0) is 55.0 Å². The highest BCUT2D eigenvalue weighted by molar-refractivity contribution is 6.23. The molecule has 0 unspecified atom stereocenters. The fourth-order valence-corrected chi connectivity index (χ4v) is 3.31. The van der Waals surface area contributed by atoms with Crippen molar-refractivity contribution in [2.24, 2.45) is 0 Å². The molecule has 2 aromatic rings. The molecule has 0 atom stereocenters. The van der Waals surface area contributed by atoms with Gasteiger partial charge in [-0.3, -0.25) is 9.69 Å². The van der Waals surface area contributed by atoms with Crippen LogP contribution in [0.2, 0.25) is 0 Å². The zero-order chi connectivity index (χ0) is 22.7. The summed E-state index contributed by atoms with van der Waals surface area (Å²) >= 11 is 0. The number of anilines is 1. The van der Waals surface area contributed by atoms with Crippen LogP contribution >= 0.6 is 0 Å². The molecule has 0 bridgehead atoms. The van der Waals surface area contributed by atoms with E-state index in [1.54, 1.807) is 31.2 Å². The van der Waals surface area contributed by atoms with Gasteiger partial charge in [0.15, 0.2) is 11.5 Å². The van der Waals surface area contributed by atoms with E-state index in [-0.39, 0.29) is 22.6 Å². The molecule has 0 radical (unpaired) electrons. The number of amides is 1. The second-order valence-corrected chi connectivity index (χ2v) is 6.62. The van der Waals surface area contributed by atoms with Crippen LogP contribution in [0.4, 0.5) is 5.69 Å². The van der Waals surface area contributed by atoms with Gasteiger partial charge in [0.05, 0.1) is 38.0 Å². The van der Waals surface area contributed by atoms with Crippen LogP contribution in [0, 0.1) is 0 Å². The molecule has 2 aromatic carbocycles. The number of nitrogens with zero attached hydrogens (tertiary/aromatic N) is 1. The molecule has 0 saturated carbocycles. The topological polar surface area (TPSA) is 102 Å². The van der Waals surface area contributed by atoms with Gasteiger partial charge in [-0.2, -0.15) is 0 Å². The lowest BCUT2D eigenvalue weighted by Crippen LogP contribution is -2.24. The summed E-state index contributed by atoms with van der Waals surface area (Å²) in [5, 5.41) is 9.80. The maximum Gasteiger partial charge on any atom is 0.340 e. The lowest BCUT2D eigenvalue weighted by atomic mass is 10.0. The largest absolute Gasteiger partial charge is 0.504 e. The van der Waals surface area contributed by atoms with Gasteiger partial charge in [0.1, 0.15) is 0 Å². The molecule has 8 heteroatoms. The van der Waals surface area contributed by atoms with Crippen molar-refractivity contribution < 1.29 is 33.7 Å². The number of rotatable bonds is 5. The van der Waals surface area contributed by atoms with Gasteiger partial charge in [0.2, 0.25) is 0 Å². The van der Waals surface area contributed by atoms with Crippen LogP contribution in [0.3, 0.4) is 0 Å². The number of carbonyl (C=O) groups is 3. The lowest BCUT2D eigenvalue weighted by molar-refractivity contribution is -0.136. The summed E-state index contributed by atoms with van der Waals surface area (Å²) in [4.78, 5) is 38.8. The summed E-state index contributed by atoms with van der Waals surface area (Å²) in [6.07, 6.45) is 1.53. The van der Waals surface area contributed by atoms with E-state index in [0.29, 0.717) is 22.5 Å². The van der Waals surface area contributed by atoms with Gasteiger partial charge in [0.25, 0.3) is 5.91 Å². The summed E-state index contributed by atoms with van der Waals surface area (Å²) < 4.78 is 14.7. The first-order valence-electron chi connectivity index (χ1n) is 9.23. The Morgan fingerprint density at radius 3 is 2.19 bits per heavy atom. The Bertz CT molecular complexity index is 1110. The number of methoxy groups -OCH3 is 3. The molecule has 160 valence electrons. The molecule has 0 aromatic heterocycles. The van der Waals surface area contributed by atoms with Crippen molar-refractivity contribution in [3.8, 4) is 11.5 Å². The minimum atomic E-state index is -0.656. The Kier molecular flexibility index (Phi) is 6.10. The van der Waals surface area contributed by atoms with Crippen molar-refractivity contribution in [2.75, 3.05) is 26.2 Å². The molecule has 1 amide bonds. The number of hydrogen-bond acceptors (Lipinski definition) is 7. The minimum Gasteiger partial charge on any atom is -0.504 e. The van der Waals surface area contributed by atoms with Crippen LogP contribution in [0.5, 0.6) is 11.5 Å². The van der Waals surface area contributed by atoms with Gasteiger partial charge >= 0.3 is 11.9 Å². The Hall–Kier alpha value is -4.07. The van der Waals surface area contributed by atoms with Crippen LogP contribution in [0.15, 0.2) is 59.3 Å². The van der Waals surface area contributed by atoms with Crippen LogP contribution in [-0.2, 0) is 19.1 Å². The average molecular weight is 423 g/mol. The van der Waals surface area contributed by atoms with Gasteiger partial charge in [-0.1, -0.05) is 6.07 Å². The fraction of sp³-hybridized carbons (Fsp3) is 0.174. The third-order valence-corrected chi connectivity index (χ3v) is 4.85. The Labute approximate surface area is 178 Å². The van der Waals surface area contributed by atoms with Crippen LogP contribution in [0.1, 0.15) is 22.8 Å². The second kappa shape index (κ2) is 8.74. The van der Waals surface area contributed by atoms with E-state index in [4.69, 9.17) is 14.2 Å². The molecule has 1 aliphatic heterocycles. The minimum absolute atomic E-state index is 0.0466. The van der Waals surface area contributed by atoms with E-state index in [1.807, 2.05) is 0 Å². The molecular formula is C23H21NO7. The number of esters is 2. The third-order valence-electron chi connectivity index (χ3n) is 4.85. The monoisotopic (exact) mass is 423 g/mol. The van der Waals surface area contributed by atoms with E-state index >= 15 is 0 Å². The van der Waals surface area contributed by atoms with E-state index in [0.717, 1.165) is 0 Å². The highest BCUT2D eigenvalue weighted by Gasteiger charge is 2.38. The van der Waals surface area contributed by atoms with Crippen molar-refractivity contribution in [3.63, 3.8) is 0 Å². The first-order chi connectivity index (χ1) is 14.8. The molecule has 0 fully saturated rings. The molecule has 0 spiro atoms. The van der Waals surface area contributed by atoms with Crippen LogP contribution < -0.4 is 9.64 Å². The fourth-order valence-electron chi connectivity index (χ4n) is 3.31. The summed E-state index contributed by atoms with van der Waals surface area (Å²) in [5.74, 6) is -1.40. The number of hydrogen-bond donors (Lipinski definition) is 1. The van der Waals surface area contributed by atoms with Gasteiger partial charge in [-0.15, -0.1) is 0 Å². The van der Waals surface area contributed by atoms with Crippen molar-refractivity contribution in [3.05, 3.63) is 70.4 Å². The van der Waals surface area contributed by atoms with Crippen molar-refractivity contribution in [1.82, 2.24) is 0 Å². The summed E-state index contributed by atoms with van der Waals surface area (Å²) in [5.41, 5.74) is 2.00. The molecule has 31 heavy (non-hydrogen) atoms. The van der Waals surface area contributed by atoms with Crippen molar-refractivity contribution in [1.29, 1.82) is 0 Å². The highest BCUT2D eigenvalue weighted by atomic mass is 16.5. The third kappa shape index (κ3) is 4.00. The Morgan fingerprint density at radius 1 is 0.968 bits per heavy atom. The van der Waals surface area contributed by atoms with Crippen LogP contribution in [0.25, 0.3) is 6.08 Å². The van der Waals surface area contributed by atoms with Gasteiger partial charge in [-0.25, -0.2) is 9.59 Å². The van der Waals surface area contributed by atoms with Crippen LogP contribution in [-0.4, -0.2) is 44.3 Å². The summed E-state index contributed by atoms with van der Waals surface area (Å²) in [7, 11) is 3.93. The SMILES string of the molecule is COC(=O)C1=C(C)N(c2ccc(C(=O)OC)cc2)C(=O)C1=Cc1ccc(O)c(OC)c1. The Morgan fingerprint density at radius 2 is 1.61 bits per heavy atom. The second-order valence-electron chi connectivity index (χ2n) is 6.62. The number of phenols is 1. The van der Waals surface area contributed by atoms with E-state index in [2.05, 4.69) is 0 Å². The zero-order valence-corrected chi connectivity index (χ0v) is 17.5. The number of carbonyl (C=O) groups excluding carboxylic acids is 3. The predicted molar refractivity (Wildman–Crippen MR) is 113 cm³/mol. The Balaban J connectivity index is 2.08. The first-order valence-corrected chi connectivity index (χ1v) is 9.23.